The average Bonchev–Trinajstić information content (AvgIpc) is 3.71. The molecule has 2 fully saturated rings. The Morgan fingerprint density at radius 2 is 1.88 bits per heavy atom. The monoisotopic (exact) mass is 560 g/mol. The van der Waals surface area contributed by atoms with Gasteiger partial charge in [0.1, 0.15) is 11.7 Å². The summed E-state index contributed by atoms with van der Waals surface area (Å²) < 4.78 is 26.0. The lowest BCUT2D eigenvalue weighted by Crippen LogP contribution is -2.48. The second kappa shape index (κ2) is 10.6. The normalized spacial score (nSPS) is 17.4. The van der Waals surface area contributed by atoms with Crippen LogP contribution in [0, 0.1) is 6.92 Å². The molecule has 0 atom stereocenters. The van der Waals surface area contributed by atoms with Gasteiger partial charge in [0.05, 0.1) is 52.7 Å². The molecular formula is C28H32N8O3S. The maximum atomic E-state index is 13.8. The quantitative estimate of drug-likeness (QED) is 0.440. The van der Waals surface area contributed by atoms with Crippen molar-refractivity contribution in [1.82, 2.24) is 24.5 Å². The van der Waals surface area contributed by atoms with Crippen molar-refractivity contribution >= 4 is 27.6 Å². The number of aliphatic imine (C=N–C) groups is 1. The Hall–Kier alpha value is -3.80. The van der Waals surface area contributed by atoms with Crippen molar-refractivity contribution in [3.05, 3.63) is 68.5 Å². The van der Waals surface area contributed by atoms with E-state index < -0.39 is 9.84 Å². The van der Waals surface area contributed by atoms with Gasteiger partial charge in [0, 0.05) is 23.7 Å². The predicted molar refractivity (Wildman–Crippen MR) is 151 cm³/mol. The zero-order chi connectivity index (χ0) is 27.9. The standard InChI is InChI=1S/C28H32N8O3S/c1-3-40(38,39)21-11-10-19(29-13-21)12-31-26-28(37)36(20-6-4-5-7-20)27-23(35-26)15-30-22(14-32-27)24-17(2)33-16-34-25(24)18-8-9-18/h10-11,13,15-16,18,20H,3-9,12,14H2,1-2H3,(H,31,35). The van der Waals surface area contributed by atoms with Crippen LogP contribution in [0.5, 0.6) is 0 Å². The van der Waals surface area contributed by atoms with Crippen LogP contribution in [0.3, 0.4) is 0 Å². The van der Waals surface area contributed by atoms with Crippen LogP contribution < -0.4 is 21.7 Å². The zero-order valence-corrected chi connectivity index (χ0v) is 23.5. The zero-order valence-electron chi connectivity index (χ0n) is 22.7. The van der Waals surface area contributed by atoms with Crippen molar-refractivity contribution < 1.29 is 8.42 Å². The smallest absolute Gasteiger partial charge is 0.295 e. The Kier molecular flexibility index (Phi) is 7.03. The van der Waals surface area contributed by atoms with Crippen LogP contribution in [0.25, 0.3) is 6.20 Å². The molecule has 2 aliphatic carbocycles. The molecule has 0 aromatic carbocycles. The highest BCUT2D eigenvalue weighted by atomic mass is 32.2. The van der Waals surface area contributed by atoms with E-state index in [1.165, 1.54) is 12.3 Å². The molecule has 0 amide bonds. The van der Waals surface area contributed by atoms with E-state index in [-0.39, 0.29) is 34.6 Å². The molecule has 3 aliphatic rings. The van der Waals surface area contributed by atoms with Gasteiger partial charge in [-0.2, -0.15) is 0 Å². The molecule has 1 N–H and O–H groups in total. The van der Waals surface area contributed by atoms with Crippen molar-refractivity contribution in [1.29, 1.82) is 0 Å². The topological polar surface area (TPSA) is 144 Å². The second-order valence-corrected chi connectivity index (χ2v) is 12.8. The summed E-state index contributed by atoms with van der Waals surface area (Å²) in [7, 11) is -3.33. The molecule has 0 bridgehead atoms. The number of sulfone groups is 1. The fourth-order valence-corrected chi connectivity index (χ4v) is 6.26. The molecule has 3 aromatic rings. The molecule has 4 heterocycles. The Morgan fingerprint density at radius 3 is 2.58 bits per heavy atom. The first-order valence-corrected chi connectivity index (χ1v) is 15.5. The summed E-state index contributed by atoms with van der Waals surface area (Å²) in [5.41, 5.74) is 4.55. The van der Waals surface area contributed by atoms with Gasteiger partial charge in [-0.05, 0) is 44.7 Å². The van der Waals surface area contributed by atoms with Crippen LogP contribution in [-0.4, -0.2) is 50.9 Å². The number of pyridine rings is 1. The average molecular weight is 561 g/mol. The first-order valence-electron chi connectivity index (χ1n) is 13.8. The van der Waals surface area contributed by atoms with E-state index in [4.69, 9.17) is 9.98 Å². The first kappa shape index (κ1) is 26.4. The summed E-state index contributed by atoms with van der Waals surface area (Å²) in [6, 6.07) is 3.23. The van der Waals surface area contributed by atoms with Crippen molar-refractivity contribution in [2.75, 3.05) is 17.6 Å². The summed E-state index contributed by atoms with van der Waals surface area (Å²) in [5, 5.41) is 3.66. The lowest BCUT2D eigenvalue weighted by atomic mass is 10.0. The van der Waals surface area contributed by atoms with Gasteiger partial charge in [0.15, 0.2) is 21.1 Å². The molecule has 6 rings (SSSR count). The minimum atomic E-state index is -3.33. The minimum absolute atomic E-state index is 0.0105. The highest BCUT2D eigenvalue weighted by Crippen LogP contribution is 2.41. The molecular weight excluding hydrogens is 528 g/mol. The van der Waals surface area contributed by atoms with Crippen LogP contribution in [0.2, 0.25) is 0 Å². The Morgan fingerprint density at radius 1 is 1.07 bits per heavy atom. The Labute approximate surface area is 232 Å². The third-order valence-electron chi connectivity index (χ3n) is 7.81. The van der Waals surface area contributed by atoms with Crippen molar-refractivity contribution in [2.45, 2.75) is 75.8 Å². The van der Waals surface area contributed by atoms with Gasteiger partial charge < -0.3 is 5.32 Å². The highest BCUT2D eigenvalue weighted by Gasteiger charge is 2.30. The molecule has 2 saturated carbocycles. The summed E-state index contributed by atoms with van der Waals surface area (Å²) in [5.74, 6) is 0.636. The van der Waals surface area contributed by atoms with E-state index in [2.05, 4.69) is 25.3 Å². The van der Waals surface area contributed by atoms with E-state index in [1.807, 2.05) is 6.92 Å². The molecule has 208 valence electrons. The van der Waals surface area contributed by atoms with Gasteiger partial charge in [-0.25, -0.2) is 23.4 Å². The number of nitrogens with one attached hydrogen (secondary N) is 1. The van der Waals surface area contributed by atoms with Crippen LogP contribution >= 0.6 is 0 Å². The third-order valence-corrected chi connectivity index (χ3v) is 9.53. The lowest BCUT2D eigenvalue weighted by molar-refractivity contribution is 0.477. The summed E-state index contributed by atoms with van der Waals surface area (Å²) in [4.78, 5) is 41.6. The SMILES string of the molecule is CCS(=O)(=O)c1ccc(CNc2nc3c(n(C4CCCC4)c2=O)=NCC(c2c(C)ncnc2C2CC2)=NC=3)nc1. The molecule has 0 unspecified atom stereocenters. The van der Waals surface area contributed by atoms with Crippen molar-refractivity contribution in [3.8, 4) is 0 Å². The van der Waals surface area contributed by atoms with E-state index >= 15 is 0 Å². The lowest BCUT2D eigenvalue weighted by Gasteiger charge is -2.16. The number of fused-ring (bicyclic) bond motifs is 1. The van der Waals surface area contributed by atoms with Gasteiger partial charge in [-0.15, -0.1) is 0 Å². The van der Waals surface area contributed by atoms with Gasteiger partial charge in [-0.1, -0.05) is 19.8 Å². The van der Waals surface area contributed by atoms with Gasteiger partial charge in [0.2, 0.25) is 0 Å². The number of aryl methyl sites for hydroxylation is 1. The highest BCUT2D eigenvalue weighted by molar-refractivity contribution is 7.91. The first-order chi connectivity index (χ1) is 19.4. The summed E-state index contributed by atoms with van der Waals surface area (Å²) >= 11 is 0. The molecule has 3 aromatic heterocycles. The molecule has 0 radical (unpaired) electrons. The number of aromatic nitrogens is 5. The van der Waals surface area contributed by atoms with Crippen LogP contribution in [0.1, 0.15) is 80.1 Å². The maximum absolute atomic E-state index is 13.8. The number of hydrogen-bond donors (Lipinski definition) is 1. The minimum Gasteiger partial charge on any atom is -0.360 e. The largest absolute Gasteiger partial charge is 0.360 e. The summed E-state index contributed by atoms with van der Waals surface area (Å²) in [6.07, 6.45) is 10.8. The molecule has 0 saturated heterocycles. The van der Waals surface area contributed by atoms with Crippen molar-refractivity contribution in [3.63, 3.8) is 0 Å². The van der Waals surface area contributed by atoms with E-state index in [0.717, 1.165) is 61.2 Å². The number of rotatable bonds is 8. The van der Waals surface area contributed by atoms with E-state index in [0.29, 0.717) is 29.0 Å². The van der Waals surface area contributed by atoms with Gasteiger partial charge in [0.25, 0.3) is 5.56 Å². The Bertz CT molecular complexity index is 1770. The van der Waals surface area contributed by atoms with E-state index in [1.54, 1.807) is 30.1 Å². The van der Waals surface area contributed by atoms with Crippen LogP contribution in [-0.2, 0) is 16.4 Å². The third kappa shape index (κ3) is 5.07. The van der Waals surface area contributed by atoms with Crippen molar-refractivity contribution in [2.24, 2.45) is 9.98 Å². The predicted octanol–water partition coefficient (Wildman–Crippen LogP) is 2.00. The Balaban J connectivity index is 1.38. The maximum Gasteiger partial charge on any atom is 0.295 e. The fraction of sp³-hybridized carbons (Fsp3) is 0.464. The molecule has 1 aliphatic heterocycles. The van der Waals surface area contributed by atoms with Crippen LogP contribution in [0.4, 0.5) is 5.82 Å². The second-order valence-electron chi connectivity index (χ2n) is 10.5. The van der Waals surface area contributed by atoms with Gasteiger partial charge >= 0.3 is 0 Å². The number of hydrogen-bond acceptors (Lipinski definition) is 10. The van der Waals surface area contributed by atoms with Gasteiger partial charge in [-0.3, -0.25) is 24.3 Å². The molecule has 12 heteroatoms. The number of nitrogens with zero attached hydrogens (tertiary/aromatic N) is 7. The molecule has 40 heavy (non-hydrogen) atoms. The fourth-order valence-electron chi connectivity index (χ4n) is 5.44. The molecule has 11 nitrogen and oxygen atoms in total. The number of anilines is 1. The molecule has 0 spiro atoms. The van der Waals surface area contributed by atoms with E-state index in [9.17, 15) is 13.2 Å². The summed E-state index contributed by atoms with van der Waals surface area (Å²) in [6.45, 7) is 4.10. The van der Waals surface area contributed by atoms with Crippen LogP contribution in [0.15, 0.2) is 44.3 Å².